The van der Waals surface area contributed by atoms with E-state index in [2.05, 4.69) is 0 Å². The van der Waals surface area contributed by atoms with Crippen molar-refractivity contribution < 1.29 is 17.3 Å². The van der Waals surface area contributed by atoms with Crippen molar-refractivity contribution in [2.24, 2.45) is 0 Å². The fraction of sp³-hybridized carbons (Fsp3) is 0.200. The maximum absolute atomic E-state index is 11.5. The summed E-state index contributed by atoms with van der Waals surface area (Å²) in [5, 5.41) is 0. The Morgan fingerprint density at radius 1 is 0.950 bits per heavy atom. The van der Waals surface area contributed by atoms with Gasteiger partial charge in [-0.15, -0.1) is 0 Å². The van der Waals surface area contributed by atoms with E-state index in [-0.39, 0.29) is 11.5 Å². The van der Waals surface area contributed by atoms with Gasteiger partial charge in [-0.25, -0.2) is 0 Å². The van der Waals surface area contributed by atoms with Gasteiger partial charge in [-0.3, -0.25) is 0 Å². The standard InChI is InChI=1S/C15H16O4S/c1-3-20(16,17)19-14-10-9-13(11-15(14)18-2)12-7-5-4-6-8-12/h4-11H,3H2,1-2H3. The van der Waals surface area contributed by atoms with Crippen LogP contribution in [0.15, 0.2) is 48.5 Å². The van der Waals surface area contributed by atoms with Crippen LogP contribution in [0.25, 0.3) is 11.1 Å². The van der Waals surface area contributed by atoms with Crippen molar-refractivity contribution in [2.45, 2.75) is 6.92 Å². The van der Waals surface area contributed by atoms with Crippen LogP contribution < -0.4 is 8.92 Å². The Hall–Kier alpha value is -2.01. The molecule has 4 nitrogen and oxygen atoms in total. The highest BCUT2D eigenvalue weighted by Crippen LogP contribution is 2.33. The molecule has 0 bridgehead atoms. The Balaban J connectivity index is 2.39. The van der Waals surface area contributed by atoms with Crippen LogP contribution >= 0.6 is 0 Å². The van der Waals surface area contributed by atoms with E-state index in [4.69, 9.17) is 8.92 Å². The molecule has 0 radical (unpaired) electrons. The molecule has 2 rings (SSSR count). The second-order valence-corrected chi connectivity index (χ2v) is 6.02. The Morgan fingerprint density at radius 2 is 1.65 bits per heavy atom. The maximum Gasteiger partial charge on any atom is 0.309 e. The van der Waals surface area contributed by atoms with Crippen molar-refractivity contribution in [3.05, 3.63) is 48.5 Å². The lowest BCUT2D eigenvalue weighted by Crippen LogP contribution is -2.12. The molecule has 20 heavy (non-hydrogen) atoms. The van der Waals surface area contributed by atoms with E-state index in [0.717, 1.165) is 11.1 Å². The lowest BCUT2D eigenvalue weighted by atomic mass is 10.1. The zero-order chi connectivity index (χ0) is 14.6. The average Bonchev–Trinajstić information content (AvgIpc) is 2.48. The molecule has 0 aromatic heterocycles. The summed E-state index contributed by atoms with van der Waals surface area (Å²) in [6.07, 6.45) is 0. The highest BCUT2D eigenvalue weighted by molar-refractivity contribution is 7.87. The predicted molar refractivity (Wildman–Crippen MR) is 78.5 cm³/mol. The molecule has 0 atom stereocenters. The molecule has 0 unspecified atom stereocenters. The van der Waals surface area contributed by atoms with E-state index >= 15 is 0 Å². The van der Waals surface area contributed by atoms with Crippen molar-refractivity contribution in [3.8, 4) is 22.6 Å². The number of rotatable bonds is 5. The minimum Gasteiger partial charge on any atom is -0.493 e. The van der Waals surface area contributed by atoms with Gasteiger partial charge in [-0.2, -0.15) is 8.42 Å². The summed E-state index contributed by atoms with van der Waals surface area (Å²) >= 11 is 0. The van der Waals surface area contributed by atoms with E-state index in [1.54, 1.807) is 18.2 Å². The summed E-state index contributed by atoms with van der Waals surface area (Å²) in [5.74, 6) is 0.508. The number of hydrogen-bond acceptors (Lipinski definition) is 4. The van der Waals surface area contributed by atoms with Crippen LogP contribution in [0.1, 0.15) is 6.92 Å². The summed E-state index contributed by atoms with van der Waals surface area (Å²) in [4.78, 5) is 0. The molecule has 5 heteroatoms. The van der Waals surface area contributed by atoms with Crippen LogP contribution in [-0.2, 0) is 10.1 Å². The molecule has 2 aromatic rings. The van der Waals surface area contributed by atoms with Gasteiger partial charge < -0.3 is 8.92 Å². The third-order valence-corrected chi connectivity index (χ3v) is 3.98. The third kappa shape index (κ3) is 3.30. The zero-order valence-electron chi connectivity index (χ0n) is 11.4. The molecule has 0 aliphatic heterocycles. The number of methoxy groups -OCH3 is 1. The van der Waals surface area contributed by atoms with Crippen LogP contribution in [0.2, 0.25) is 0 Å². The summed E-state index contributed by atoms with van der Waals surface area (Å²) in [6, 6.07) is 14.9. The first-order valence-corrected chi connectivity index (χ1v) is 7.79. The molecule has 0 fully saturated rings. The van der Waals surface area contributed by atoms with Gasteiger partial charge in [0.25, 0.3) is 0 Å². The van der Waals surface area contributed by atoms with Crippen LogP contribution in [0.5, 0.6) is 11.5 Å². The van der Waals surface area contributed by atoms with Crippen LogP contribution in [-0.4, -0.2) is 21.3 Å². The quantitative estimate of drug-likeness (QED) is 0.795. The summed E-state index contributed by atoms with van der Waals surface area (Å²) in [7, 11) is -2.08. The lowest BCUT2D eigenvalue weighted by Gasteiger charge is -2.11. The van der Waals surface area contributed by atoms with Crippen molar-refractivity contribution in [3.63, 3.8) is 0 Å². The van der Waals surface area contributed by atoms with Gasteiger partial charge in [-0.1, -0.05) is 36.4 Å². The largest absolute Gasteiger partial charge is 0.493 e. The maximum atomic E-state index is 11.5. The first kappa shape index (κ1) is 14.4. The molecule has 0 saturated heterocycles. The molecule has 0 amide bonds. The number of hydrogen-bond donors (Lipinski definition) is 0. The van der Waals surface area contributed by atoms with Gasteiger partial charge in [0, 0.05) is 0 Å². The van der Waals surface area contributed by atoms with Crippen molar-refractivity contribution in [2.75, 3.05) is 12.9 Å². The zero-order valence-corrected chi connectivity index (χ0v) is 12.2. The smallest absolute Gasteiger partial charge is 0.309 e. The molecule has 0 N–H and O–H groups in total. The minimum absolute atomic E-state index is 0.0867. The van der Waals surface area contributed by atoms with Gasteiger partial charge in [0.05, 0.1) is 12.9 Å². The molecular weight excluding hydrogens is 276 g/mol. The van der Waals surface area contributed by atoms with E-state index in [0.29, 0.717) is 5.75 Å². The summed E-state index contributed by atoms with van der Waals surface area (Å²) < 4.78 is 33.2. The molecule has 0 aliphatic carbocycles. The second-order valence-electron chi connectivity index (χ2n) is 4.16. The summed E-state index contributed by atoms with van der Waals surface area (Å²) in [5.41, 5.74) is 1.96. The van der Waals surface area contributed by atoms with Crippen molar-refractivity contribution in [1.29, 1.82) is 0 Å². The van der Waals surface area contributed by atoms with E-state index in [9.17, 15) is 8.42 Å². The SMILES string of the molecule is CCS(=O)(=O)Oc1ccc(-c2ccccc2)cc1OC. The van der Waals surface area contributed by atoms with Crippen molar-refractivity contribution >= 4 is 10.1 Å². The fourth-order valence-corrected chi connectivity index (χ4v) is 2.27. The topological polar surface area (TPSA) is 52.6 Å². The van der Waals surface area contributed by atoms with E-state index in [1.807, 2.05) is 30.3 Å². The Kier molecular flexibility index (Phi) is 4.29. The first-order chi connectivity index (χ1) is 9.55. The molecule has 0 saturated carbocycles. The molecule has 2 aromatic carbocycles. The van der Waals surface area contributed by atoms with Crippen LogP contribution in [0, 0.1) is 0 Å². The Labute approximate surface area is 119 Å². The van der Waals surface area contributed by atoms with E-state index < -0.39 is 10.1 Å². The van der Waals surface area contributed by atoms with E-state index in [1.165, 1.54) is 14.0 Å². The monoisotopic (exact) mass is 292 g/mol. The highest BCUT2D eigenvalue weighted by atomic mass is 32.2. The van der Waals surface area contributed by atoms with Gasteiger partial charge in [0.2, 0.25) is 0 Å². The van der Waals surface area contributed by atoms with Crippen LogP contribution in [0.3, 0.4) is 0 Å². The molecule has 0 aliphatic rings. The van der Waals surface area contributed by atoms with Gasteiger partial charge in [-0.05, 0) is 30.2 Å². The first-order valence-electron chi connectivity index (χ1n) is 6.21. The second kappa shape index (κ2) is 5.96. The number of ether oxygens (including phenoxy) is 1. The predicted octanol–water partition coefficient (Wildman–Crippen LogP) is 3.09. The minimum atomic E-state index is -3.56. The fourth-order valence-electron chi connectivity index (χ4n) is 1.74. The number of benzene rings is 2. The Morgan fingerprint density at radius 3 is 2.25 bits per heavy atom. The third-order valence-electron chi connectivity index (χ3n) is 2.84. The molecule has 0 heterocycles. The summed E-state index contributed by atoms with van der Waals surface area (Å²) in [6.45, 7) is 1.53. The van der Waals surface area contributed by atoms with Crippen molar-refractivity contribution in [1.82, 2.24) is 0 Å². The molecular formula is C15H16O4S. The normalized spacial score (nSPS) is 11.1. The molecule has 0 spiro atoms. The van der Waals surface area contributed by atoms with Gasteiger partial charge in [0.15, 0.2) is 11.5 Å². The molecule has 106 valence electrons. The average molecular weight is 292 g/mol. The Bertz CT molecular complexity index is 678. The van der Waals surface area contributed by atoms with Gasteiger partial charge >= 0.3 is 10.1 Å². The lowest BCUT2D eigenvalue weighted by molar-refractivity contribution is 0.391. The highest BCUT2D eigenvalue weighted by Gasteiger charge is 2.14. The van der Waals surface area contributed by atoms with Gasteiger partial charge in [0.1, 0.15) is 0 Å². The van der Waals surface area contributed by atoms with Crippen LogP contribution in [0.4, 0.5) is 0 Å².